The highest BCUT2D eigenvalue weighted by atomic mass is 79.9. The van der Waals surface area contributed by atoms with Gasteiger partial charge in [0.05, 0.1) is 11.4 Å². The number of furan rings is 1. The van der Waals surface area contributed by atoms with Crippen molar-refractivity contribution in [1.29, 1.82) is 0 Å². The third kappa shape index (κ3) is 3.13. The van der Waals surface area contributed by atoms with Gasteiger partial charge in [-0.3, -0.25) is 0 Å². The topological polar surface area (TPSA) is 50.5 Å². The van der Waals surface area contributed by atoms with E-state index >= 15 is 0 Å². The first kappa shape index (κ1) is 15.3. The van der Waals surface area contributed by atoms with Crippen LogP contribution < -0.4 is 0 Å². The molecular weight excluding hydrogens is 342 g/mol. The third-order valence-corrected chi connectivity index (χ3v) is 5.73. The molecule has 20 heavy (non-hydrogen) atoms. The Kier molecular flexibility index (Phi) is 4.36. The van der Waals surface area contributed by atoms with Gasteiger partial charge in [0.1, 0.15) is 11.5 Å². The van der Waals surface area contributed by atoms with Gasteiger partial charge in [-0.05, 0) is 59.6 Å². The van der Waals surface area contributed by atoms with Crippen LogP contribution in [0.4, 0.5) is 0 Å². The standard InChI is InChI=1S/C14H16BrNO3S/c1-10-4-7-14(13(15)8-10)20(17,18)16(3)9-12-6-5-11(2)19-12/h4-8H,9H2,1-3H3. The van der Waals surface area contributed by atoms with E-state index in [9.17, 15) is 8.42 Å². The zero-order valence-corrected chi connectivity index (χ0v) is 14.0. The Hall–Kier alpha value is -1.11. The summed E-state index contributed by atoms with van der Waals surface area (Å²) in [5.74, 6) is 1.39. The largest absolute Gasteiger partial charge is 0.465 e. The molecule has 0 aliphatic heterocycles. The molecule has 0 aliphatic rings. The minimum Gasteiger partial charge on any atom is -0.465 e. The molecule has 6 heteroatoms. The first-order valence-corrected chi connectivity index (χ1v) is 8.32. The molecule has 0 fully saturated rings. The summed E-state index contributed by atoms with van der Waals surface area (Å²) in [6.07, 6.45) is 0. The Morgan fingerprint density at radius 3 is 2.45 bits per heavy atom. The fourth-order valence-electron chi connectivity index (χ4n) is 1.86. The van der Waals surface area contributed by atoms with Crippen molar-refractivity contribution < 1.29 is 12.8 Å². The maximum Gasteiger partial charge on any atom is 0.244 e. The predicted molar refractivity (Wildman–Crippen MR) is 81.0 cm³/mol. The highest BCUT2D eigenvalue weighted by Crippen LogP contribution is 2.26. The van der Waals surface area contributed by atoms with E-state index in [1.807, 2.05) is 19.9 Å². The molecule has 0 radical (unpaired) electrons. The number of halogens is 1. The van der Waals surface area contributed by atoms with Crippen LogP contribution in [-0.2, 0) is 16.6 Å². The lowest BCUT2D eigenvalue weighted by molar-refractivity contribution is 0.397. The quantitative estimate of drug-likeness (QED) is 0.841. The van der Waals surface area contributed by atoms with E-state index in [2.05, 4.69) is 15.9 Å². The van der Waals surface area contributed by atoms with Crippen LogP contribution in [0.1, 0.15) is 17.1 Å². The fourth-order valence-corrected chi connectivity index (χ4v) is 4.14. The van der Waals surface area contributed by atoms with Crippen molar-refractivity contribution in [3.8, 4) is 0 Å². The van der Waals surface area contributed by atoms with Gasteiger partial charge in [-0.15, -0.1) is 0 Å². The zero-order chi connectivity index (χ0) is 14.9. The van der Waals surface area contributed by atoms with Gasteiger partial charge in [0, 0.05) is 11.5 Å². The average Bonchev–Trinajstić information content (AvgIpc) is 2.74. The number of rotatable bonds is 4. The van der Waals surface area contributed by atoms with E-state index in [1.165, 1.54) is 4.31 Å². The average molecular weight is 358 g/mol. The van der Waals surface area contributed by atoms with Crippen LogP contribution in [-0.4, -0.2) is 19.8 Å². The molecule has 0 saturated carbocycles. The van der Waals surface area contributed by atoms with Gasteiger partial charge < -0.3 is 4.42 Å². The fraction of sp³-hybridized carbons (Fsp3) is 0.286. The Bertz CT molecular complexity index is 722. The molecule has 0 unspecified atom stereocenters. The molecule has 108 valence electrons. The van der Waals surface area contributed by atoms with Crippen LogP contribution in [0.2, 0.25) is 0 Å². The van der Waals surface area contributed by atoms with E-state index in [4.69, 9.17) is 4.42 Å². The van der Waals surface area contributed by atoms with Crippen molar-refractivity contribution in [2.75, 3.05) is 7.05 Å². The zero-order valence-electron chi connectivity index (χ0n) is 11.6. The van der Waals surface area contributed by atoms with Crippen LogP contribution in [0.25, 0.3) is 0 Å². The molecule has 2 rings (SSSR count). The monoisotopic (exact) mass is 357 g/mol. The molecule has 0 atom stereocenters. The minimum atomic E-state index is -3.55. The highest BCUT2D eigenvalue weighted by molar-refractivity contribution is 9.10. The summed E-state index contributed by atoms with van der Waals surface area (Å²) < 4.78 is 32.3. The van der Waals surface area contributed by atoms with Gasteiger partial charge >= 0.3 is 0 Å². The van der Waals surface area contributed by atoms with Crippen molar-refractivity contribution in [2.45, 2.75) is 25.3 Å². The van der Waals surface area contributed by atoms with Crippen LogP contribution >= 0.6 is 15.9 Å². The van der Waals surface area contributed by atoms with E-state index < -0.39 is 10.0 Å². The Morgan fingerprint density at radius 2 is 1.90 bits per heavy atom. The predicted octanol–water partition coefficient (Wildman–Crippen LogP) is 3.48. The lowest BCUT2D eigenvalue weighted by Gasteiger charge is -2.17. The van der Waals surface area contributed by atoms with Crippen molar-refractivity contribution in [3.63, 3.8) is 0 Å². The van der Waals surface area contributed by atoms with E-state index in [1.54, 1.807) is 31.3 Å². The van der Waals surface area contributed by atoms with E-state index in [0.717, 1.165) is 11.3 Å². The Balaban J connectivity index is 2.29. The molecule has 0 amide bonds. The summed E-state index contributed by atoms with van der Waals surface area (Å²) in [5.41, 5.74) is 1.00. The van der Waals surface area contributed by atoms with Crippen molar-refractivity contribution >= 4 is 26.0 Å². The summed E-state index contributed by atoms with van der Waals surface area (Å²) in [6, 6.07) is 8.78. The lowest BCUT2D eigenvalue weighted by atomic mass is 10.2. The van der Waals surface area contributed by atoms with E-state index in [-0.39, 0.29) is 11.4 Å². The van der Waals surface area contributed by atoms with Gasteiger partial charge in [0.25, 0.3) is 0 Å². The summed E-state index contributed by atoms with van der Waals surface area (Å²) >= 11 is 3.31. The second kappa shape index (κ2) is 5.71. The summed E-state index contributed by atoms with van der Waals surface area (Å²) in [5, 5.41) is 0. The van der Waals surface area contributed by atoms with Crippen LogP contribution in [0.5, 0.6) is 0 Å². The molecule has 4 nitrogen and oxygen atoms in total. The molecule has 1 heterocycles. The minimum absolute atomic E-state index is 0.205. The number of nitrogens with zero attached hydrogens (tertiary/aromatic N) is 1. The number of hydrogen-bond donors (Lipinski definition) is 0. The highest BCUT2D eigenvalue weighted by Gasteiger charge is 2.24. The Labute approximate surface area is 127 Å². The number of hydrogen-bond acceptors (Lipinski definition) is 3. The van der Waals surface area contributed by atoms with E-state index in [0.29, 0.717) is 10.2 Å². The Morgan fingerprint density at radius 1 is 1.20 bits per heavy atom. The summed E-state index contributed by atoms with van der Waals surface area (Å²) in [6.45, 7) is 3.95. The molecule has 0 spiro atoms. The summed E-state index contributed by atoms with van der Waals surface area (Å²) in [7, 11) is -2.01. The molecule has 2 aromatic rings. The van der Waals surface area contributed by atoms with Gasteiger partial charge in [-0.25, -0.2) is 8.42 Å². The molecule has 0 aliphatic carbocycles. The maximum absolute atomic E-state index is 12.5. The first-order valence-electron chi connectivity index (χ1n) is 6.08. The van der Waals surface area contributed by atoms with Crippen LogP contribution in [0.15, 0.2) is 44.1 Å². The molecule has 0 bridgehead atoms. The third-order valence-electron chi connectivity index (χ3n) is 2.95. The molecule has 0 saturated heterocycles. The summed E-state index contributed by atoms with van der Waals surface area (Å²) in [4.78, 5) is 0.258. The molecule has 1 aromatic heterocycles. The molecular formula is C14H16BrNO3S. The van der Waals surface area contributed by atoms with Crippen LogP contribution in [0.3, 0.4) is 0 Å². The lowest BCUT2D eigenvalue weighted by Crippen LogP contribution is -2.26. The number of aryl methyl sites for hydroxylation is 2. The number of benzene rings is 1. The molecule has 1 aromatic carbocycles. The first-order chi connectivity index (χ1) is 9.30. The SMILES string of the molecule is Cc1ccc(S(=O)(=O)N(C)Cc2ccc(C)o2)c(Br)c1. The van der Waals surface area contributed by atoms with Gasteiger partial charge in [0.2, 0.25) is 10.0 Å². The van der Waals surface area contributed by atoms with Gasteiger partial charge in [-0.2, -0.15) is 4.31 Å². The number of sulfonamides is 1. The second-order valence-electron chi connectivity index (χ2n) is 4.71. The smallest absolute Gasteiger partial charge is 0.244 e. The normalized spacial score (nSPS) is 12.1. The molecule has 0 N–H and O–H groups in total. The van der Waals surface area contributed by atoms with Crippen molar-refractivity contribution in [2.24, 2.45) is 0 Å². The van der Waals surface area contributed by atoms with Gasteiger partial charge in [0.15, 0.2) is 0 Å². The van der Waals surface area contributed by atoms with Crippen LogP contribution in [0, 0.1) is 13.8 Å². The van der Waals surface area contributed by atoms with Gasteiger partial charge in [-0.1, -0.05) is 6.07 Å². The van der Waals surface area contributed by atoms with Crippen molar-refractivity contribution in [3.05, 3.63) is 51.9 Å². The van der Waals surface area contributed by atoms with Crippen molar-refractivity contribution in [1.82, 2.24) is 4.31 Å². The maximum atomic E-state index is 12.5. The second-order valence-corrected chi connectivity index (χ2v) is 7.57.